The molecule has 1 N–H and O–H groups in total. The van der Waals surface area contributed by atoms with E-state index in [2.05, 4.69) is 0 Å². The van der Waals surface area contributed by atoms with Crippen LogP contribution in [-0.2, 0) is 9.53 Å². The molecule has 4 heteroatoms. The first kappa shape index (κ1) is 9.58. The van der Waals surface area contributed by atoms with Gasteiger partial charge in [-0.15, -0.1) is 0 Å². The van der Waals surface area contributed by atoms with E-state index in [4.69, 9.17) is 9.47 Å². The molecule has 78 valence electrons. The highest BCUT2D eigenvalue weighted by atomic mass is 16.7. The molecule has 2 rings (SSSR count). The molecule has 1 aliphatic rings. The monoisotopic (exact) mass is 206 g/mol. The topological polar surface area (TPSA) is 55.8 Å². The van der Waals surface area contributed by atoms with Gasteiger partial charge in [0.1, 0.15) is 11.5 Å². The van der Waals surface area contributed by atoms with Crippen LogP contribution in [0.4, 0.5) is 0 Å². The highest BCUT2D eigenvalue weighted by Crippen LogP contribution is 2.22. The summed E-state index contributed by atoms with van der Waals surface area (Å²) in [5.41, 5.74) is 0.528. The number of carbonyl (C=O) groups is 1. The Kier molecular flexibility index (Phi) is 2.33. The number of ether oxygens (including phenoxy) is 2. The number of aromatic hydroxyl groups is 1. The summed E-state index contributed by atoms with van der Waals surface area (Å²) < 4.78 is 10.2. The molecule has 1 unspecified atom stereocenters. The number of carbonyl (C=O) groups excluding carboxylic acids is 1. The van der Waals surface area contributed by atoms with E-state index in [9.17, 15) is 9.90 Å². The number of benzene rings is 1. The van der Waals surface area contributed by atoms with Crippen molar-refractivity contribution in [3.05, 3.63) is 35.9 Å². The van der Waals surface area contributed by atoms with Crippen molar-refractivity contribution in [3.63, 3.8) is 0 Å². The molecule has 0 aliphatic carbocycles. The van der Waals surface area contributed by atoms with E-state index in [1.54, 1.807) is 25.1 Å². The van der Waals surface area contributed by atoms with E-state index in [1.807, 2.05) is 0 Å². The van der Waals surface area contributed by atoms with Crippen LogP contribution in [0.3, 0.4) is 0 Å². The van der Waals surface area contributed by atoms with Gasteiger partial charge in [0.2, 0.25) is 0 Å². The highest BCUT2D eigenvalue weighted by molar-refractivity contribution is 5.90. The van der Waals surface area contributed by atoms with Crippen molar-refractivity contribution in [3.8, 4) is 11.5 Å². The Morgan fingerprint density at radius 3 is 2.87 bits per heavy atom. The number of rotatable bonds is 2. The first-order valence-electron chi connectivity index (χ1n) is 4.50. The lowest BCUT2D eigenvalue weighted by atomic mass is 10.3. The lowest BCUT2D eigenvalue weighted by Crippen LogP contribution is -2.15. The third kappa shape index (κ3) is 2.10. The Morgan fingerprint density at radius 2 is 2.27 bits per heavy atom. The molecule has 0 saturated heterocycles. The minimum atomic E-state index is -0.695. The van der Waals surface area contributed by atoms with Crippen LogP contribution < -0.4 is 4.74 Å². The molecule has 1 aliphatic heterocycles. The summed E-state index contributed by atoms with van der Waals surface area (Å²) in [6, 6.07) is 6.32. The predicted octanol–water partition coefficient (Wildman–Crippen LogP) is 1.60. The second-order valence-electron chi connectivity index (χ2n) is 3.24. The van der Waals surface area contributed by atoms with Crippen LogP contribution in [0.1, 0.15) is 6.92 Å². The maximum absolute atomic E-state index is 11.0. The van der Waals surface area contributed by atoms with Gasteiger partial charge in [0.15, 0.2) is 0 Å². The summed E-state index contributed by atoms with van der Waals surface area (Å²) >= 11 is 0. The van der Waals surface area contributed by atoms with E-state index in [0.717, 1.165) is 0 Å². The molecule has 0 radical (unpaired) electrons. The molecular weight excluding hydrogens is 196 g/mol. The van der Waals surface area contributed by atoms with Gasteiger partial charge >= 0.3 is 5.97 Å². The summed E-state index contributed by atoms with van der Waals surface area (Å²) in [6.07, 6.45) is 0.895. The molecule has 0 aromatic heterocycles. The summed E-state index contributed by atoms with van der Waals surface area (Å²) in [4.78, 5) is 11.0. The maximum atomic E-state index is 11.0. The Labute approximate surface area is 86.7 Å². The number of hydrogen-bond donors (Lipinski definition) is 1. The van der Waals surface area contributed by atoms with Crippen LogP contribution >= 0.6 is 0 Å². The van der Waals surface area contributed by atoms with Gasteiger partial charge in [-0.05, 0) is 19.1 Å². The van der Waals surface area contributed by atoms with E-state index in [0.29, 0.717) is 11.3 Å². The van der Waals surface area contributed by atoms with Gasteiger partial charge in [-0.1, -0.05) is 6.07 Å². The first-order chi connectivity index (χ1) is 7.15. The number of hydrogen-bond acceptors (Lipinski definition) is 4. The van der Waals surface area contributed by atoms with Crippen LogP contribution in [0.2, 0.25) is 0 Å². The average Bonchev–Trinajstić information content (AvgIpc) is 2.45. The fourth-order valence-corrected chi connectivity index (χ4v) is 1.25. The maximum Gasteiger partial charge on any atom is 0.336 e. The van der Waals surface area contributed by atoms with Gasteiger partial charge in [0, 0.05) is 17.7 Å². The largest absolute Gasteiger partial charge is 0.508 e. The van der Waals surface area contributed by atoms with E-state index in [-0.39, 0.29) is 11.7 Å². The van der Waals surface area contributed by atoms with E-state index >= 15 is 0 Å². The molecule has 0 bridgehead atoms. The van der Waals surface area contributed by atoms with Gasteiger partial charge in [-0.3, -0.25) is 0 Å². The third-order valence-electron chi connectivity index (χ3n) is 2.00. The van der Waals surface area contributed by atoms with Crippen LogP contribution in [0, 0.1) is 0 Å². The lowest BCUT2D eigenvalue weighted by Gasteiger charge is -2.11. The first-order valence-corrected chi connectivity index (χ1v) is 4.50. The summed E-state index contributed by atoms with van der Waals surface area (Å²) in [6.45, 7) is 1.66. The molecule has 15 heavy (non-hydrogen) atoms. The molecule has 0 saturated carbocycles. The molecule has 4 nitrogen and oxygen atoms in total. The van der Waals surface area contributed by atoms with Gasteiger partial charge in [-0.25, -0.2) is 4.79 Å². The zero-order valence-electron chi connectivity index (χ0n) is 8.14. The van der Waals surface area contributed by atoms with Crippen LogP contribution in [0.25, 0.3) is 0 Å². The fourth-order valence-electron chi connectivity index (χ4n) is 1.25. The predicted molar refractivity (Wildman–Crippen MR) is 52.4 cm³/mol. The van der Waals surface area contributed by atoms with Crippen molar-refractivity contribution in [2.75, 3.05) is 0 Å². The van der Waals surface area contributed by atoms with Gasteiger partial charge in [0.25, 0.3) is 6.29 Å². The van der Waals surface area contributed by atoms with Crippen molar-refractivity contribution in [2.45, 2.75) is 13.2 Å². The van der Waals surface area contributed by atoms with Crippen molar-refractivity contribution < 1.29 is 19.4 Å². The van der Waals surface area contributed by atoms with Crippen LogP contribution in [-0.4, -0.2) is 17.4 Å². The molecule has 0 spiro atoms. The molecular formula is C11H10O4. The second kappa shape index (κ2) is 3.65. The minimum absolute atomic E-state index is 0.109. The second-order valence-corrected chi connectivity index (χ2v) is 3.24. The highest BCUT2D eigenvalue weighted by Gasteiger charge is 2.23. The standard InChI is InChI=1S/C11H10O4/c1-7-5-10(15-11(7)13)14-9-4-2-3-8(12)6-9/h2-6,10,12H,1H3. The normalized spacial score (nSPS) is 19.7. The smallest absolute Gasteiger partial charge is 0.336 e. The Balaban J connectivity index is 2.08. The number of phenolic OH excluding ortho intramolecular Hbond substituents is 1. The molecule has 1 atom stereocenters. The van der Waals surface area contributed by atoms with E-state index < -0.39 is 6.29 Å². The minimum Gasteiger partial charge on any atom is -0.508 e. The van der Waals surface area contributed by atoms with Crippen molar-refractivity contribution in [1.29, 1.82) is 0 Å². The Hall–Kier alpha value is -1.97. The van der Waals surface area contributed by atoms with Gasteiger partial charge in [-0.2, -0.15) is 0 Å². The summed E-state index contributed by atoms with van der Waals surface area (Å²) in [5.74, 6) is 0.191. The number of esters is 1. The Bertz CT molecular complexity index is 422. The summed E-state index contributed by atoms with van der Waals surface area (Å²) in [7, 11) is 0. The lowest BCUT2D eigenvalue weighted by molar-refractivity contribution is -0.148. The summed E-state index contributed by atoms with van der Waals surface area (Å²) in [5, 5.41) is 9.19. The number of cyclic esters (lactones) is 1. The number of phenols is 1. The molecule has 1 aromatic rings. The SMILES string of the molecule is CC1=CC(Oc2cccc(O)c2)OC1=O. The van der Waals surface area contributed by atoms with Crippen LogP contribution in [0.5, 0.6) is 11.5 Å². The molecule has 1 heterocycles. The van der Waals surface area contributed by atoms with Crippen molar-refractivity contribution in [2.24, 2.45) is 0 Å². The van der Waals surface area contributed by atoms with E-state index in [1.165, 1.54) is 12.1 Å². The fraction of sp³-hybridized carbons (Fsp3) is 0.182. The molecule has 0 amide bonds. The zero-order chi connectivity index (χ0) is 10.8. The Morgan fingerprint density at radius 1 is 1.47 bits per heavy atom. The quantitative estimate of drug-likeness (QED) is 0.747. The van der Waals surface area contributed by atoms with Crippen LogP contribution in [0.15, 0.2) is 35.9 Å². The molecule has 0 fully saturated rings. The third-order valence-corrected chi connectivity index (χ3v) is 2.00. The van der Waals surface area contributed by atoms with Crippen molar-refractivity contribution in [1.82, 2.24) is 0 Å². The van der Waals surface area contributed by atoms with Crippen molar-refractivity contribution >= 4 is 5.97 Å². The molecule has 1 aromatic carbocycles. The average molecular weight is 206 g/mol. The zero-order valence-corrected chi connectivity index (χ0v) is 8.14. The van der Waals surface area contributed by atoms with Gasteiger partial charge < -0.3 is 14.6 Å². The van der Waals surface area contributed by atoms with Gasteiger partial charge in [0.05, 0.1) is 0 Å².